The van der Waals surface area contributed by atoms with E-state index in [0.29, 0.717) is 12.5 Å². The minimum absolute atomic E-state index is 0. The number of aryl methyl sites for hydroxylation is 2. The first-order valence-corrected chi connectivity index (χ1v) is 6.76. The van der Waals surface area contributed by atoms with Crippen LogP contribution in [0, 0.1) is 13.8 Å². The van der Waals surface area contributed by atoms with Crippen molar-refractivity contribution in [1.29, 1.82) is 0 Å². The Kier molecular flexibility index (Phi) is 6.32. The van der Waals surface area contributed by atoms with Crippen LogP contribution in [-0.2, 0) is 4.79 Å². The van der Waals surface area contributed by atoms with Crippen LogP contribution in [0.2, 0.25) is 0 Å². The van der Waals surface area contributed by atoms with Crippen LogP contribution in [-0.4, -0.2) is 18.5 Å². The second-order valence-corrected chi connectivity index (χ2v) is 5.15. The van der Waals surface area contributed by atoms with Gasteiger partial charge in [0.1, 0.15) is 0 Å². The predicted octanol–water partition coefficient (Wildman–Crippen LogP) is 3.20. The number of carbonyl (C=O) groups excluding carboxylic acids is 1. The van der Waals surface area contributed by atoms with Crippen LogP contribution in [0.25, 0.3) is 0 Å². The number of para-hydroxylation sites is 1. The van der Waals surface area contributed by atoms with Crippen molar-refractivity contribution < 1.29 is 4.79 Å². The van der Waals surface area contributed by atoms with Gasteiger partial charge in [-0.3, -0.25) is 4.79 Å². The summed E-state index contributed by atoms with van der Waals surface area (Å²) in [4.78, 5) is 11.9. The van der Waals surface area contributed by atoms with Gasteiger partial charge in [-0.1, -0.05) is 18.2 Å². The summed E-state index contributed by atoms with van der Waals surface area (Å²) >= 11 is 0. The Morgan fingerprint density at radius 1 is 1.37 bits per heavy atom. The van der Waals surface area contributed by atoms with Gasteiger partial charge in [0.2, 0.25) is 5.91 Å². The maximum atomic E-state index is 11.9. The van der Waals surface area contributed by atoms with Crippen molar-refractivity contribution in [3.05, 3.63) is 29.3 Å². The van der Waals surface area contributed by atoms with Gasteiger partial charge in [0, 0.05) is 18.2 Å². The highest BCUT2D eigenvalue weighted by atomic mass is 35.5. The lowest BCUT2D eigenvalue weighted by Crippen LogP contribution is -2.23. The Hall–Kier alpha value is -1.06. The molecule has 1 amide bonds. The topological polar surface area (TPSA) is 41.1 Å². The number of hydrogen-bond acceptors (Lipinski definition) is 2. The molecule has 1 aromatic carbocycles. The average molecular weight is 283 g/mol. The van der Waals surface area contributed by atoms with E-state index in [2.05, 4.69) is 10.6 Å². The quantitative estimate of drug-likeness (QED) is 0.890. The lowest BCUT2D eigenvalue weighted by molar-refractivity contribution is -0.116. The fraction of sp³-hybridized carbons (Fsp3) is 0.533. The smallest absolute Gasteiger partial charge is 0.224 e. The molecule has 2 rings (SSSR count). The molecule has 1 heterocycles. The molecule has 0 aliphatic carbocycles. The van der Waals surface area contributed by atoms with Gasteiger partial charge in [-0.25, -0.2) is 0 Å². The zero-order chi connectivity index (χ0) is 13.0. The van der Waals surface area contributed by atoms with E-state index in [9.17, 15) is 4.79 Å². The van der Waals surface area contributed by atoms with Crippen molar-refractivity contribution in [2.75, 3.05) is 11.9 Å². The molecule has 0 bridgehead atoms. The third-order valence-electron chi connectivity index (χ3n) is 3.63. The molecule has 1 atom stereocenters. The molecule has 0 aromatic heterocycles. The van der Waals surface area contributed by atoms with Crippen molar-refractivity contribution in [1.82, 2.24) is 5.32 Å². The summed E-state index contributed by atoms with van der Waals surface area (Å²) in [6.07, 6.45) is 3.99. The normalized spacial score (nSPS) is 17.9. The van der Waals surface area contributed by atoms with Gasteiger partial charge in [-0.05, 0) is 50.8 Å². The Balaban J connectivity index is 0.00000180. The SMILES string of the molecule is Cc1cccc(C)c1NC(=O)CCC1CCCN1.Cl. The number of carbonyl (C=O) groups is 1. The lowest BCUT2D eigenvalue weighted by atomic mass is 10.1. The van der Waals surface area contributed by atoms with Crippen molar-refractivity contribution in [3.8, 4) is 0 Å². The summed E-state index contributed by atoms with van der Waals surface area (Å²) in [5.41, 5.74) is 3.23. The molecule has 0 radical (unpaired) electrons. The molecular weight excluding hydrogens is 260 g/mol. The van der Waals surface area contributed by atoms with Crippen molar-refractivity contribution >= 4 is 24.0 Å². The molecule has 2 N–H and O–H groups in total. The standard InChI is InChI=1S/C15H22N2O.ClH/c1-11-5-3-6-12(2)15(11)17-14(18)9-8-13-7-4-10-16-13;/h3,5-6,13,16H,4,7-10H2,1-2H3,(H,17,18);1H. The average Bonchev–Trinajstić information content (AvgIpc) is 2.84. The van der Waals surface area contributed by atoms with Crippen molar-refractivity contribution in [2.24, 2.45) is 0 Å². The maximum Gasteiger partial charge on any atom is 0.224 e. The van der Waals surface area contributed by atoms with Crippen LogP contribution in [0.5, 0.6) is 0 Å². The van der Waals surface area contributed by atoms with Crippen molar-refractivity contribution in [2.45, 2.75) is 45.6 Å². The summed E-state index contributed by atoms with van der Waals surface area (Å²) in [6.45, 7) is 5.16. The second kappa shape index (κ2) is 7.51. The molecular formula is C15H23ClN2O. The molecule has 1 aliphatic rings. The molecule has 1 fully saturated rings. The molecule has 3 nitrogen and oxygen atoms in total. The number of halogens is 1. The minimum Gasteiger partial charge on any atom is -0.326 e. The molecule has 1 aliphatic heterocycles. The molecule has 1 saturated heterocycles. The van der Waals surface area contributed by atoms with Crippen LogP contribution in [0.4, 0.5) is 5.69 Å². The number of rotatable bonds is 4. The molecule has 1 aromatic rings. The van der Waals surface area contributed by atoms with Crippen molar-refractivity contribution in [3.63, 3.8) is 0 Å². The van der Waals surface area contributed by atoms with E-state index < -0.39 is 0 Å². The second-order valence-electron chi connectivity index (χ2n) is 5.15. The van der Waals surface area contributed by atoms with E-state index in [-0.39, 0.29) is 18.3 Å². The zero-order valence-electron chi connectivity index (χ0n) is 11.7. The summed E-state index contributed by atoms with van der Waals surface area (Å²) < 4.78 is 0. The monoisotopic (exact) mass is 282 g/mol. The summed E-state index contributed by atoms with van der Waals surface area (Å²) in [5, 5.41) is 6.45. The third-order valence-corrected chi connectivity index (χ3v) is 3.63. The largest absolute Gasteiger partial charge is 0.326 e. The molecule has 0 saturated carbocycles. The summed E-state index contributed by atoms with van der Waals surface area (Å²) in [7, 11) is 0. The first-order chi connectivity index (χ1) is 8.66. The number of amides is 1. The summed E-state index contributed by atoms with van der Waals surface area (Å²) in [6, 6.07) is 6.61. The molecule has 106 valence electrons. The van der Waals surface area contributed by atoms with Crippen LogP contribution in [0.15, 0.2) is 18.2 Å². The molecule has 0 spiro atoms. The highest BCUT2D eigenvalue weighted by molar-refractivity contribution is 5.92. The van der Waals surface area contributed by atoms with Crippen LogP contribution >= 0.6 is 12.4 Å². The highest BCUT2D eigenvalue weighted by Gasteiger charge is 2.15. The van der Waals surface area contributed by atoms with E-state index in [1.165, 1.54) is 12.8 Å². The minimum atomic E-state index is 0. The van der Waals surface area contributed by atoms with Gasteiger partial charge >= 0.3 is 0 Å². The number of nitrogens with one attached hydrogen (secondary N) is 2. The van der Waals surface area contributed by atoms with E-state index >= 15 is 0 Å². The van der Waals surface area contributed by atoms with E-state index in [1.807, 2.05) is 32.0 Å². The Bertz CT molecular complexity index is 408. The van der Waals surface area contributed by atoms with Gasteiger partial charge in [-0.2, -0.15) is 0 Å². The fourth-order valence-electron chi connectivity index (χ4n) is 2.52. The van der Waals surface area contributed by atoms with Gasteiger partial charge in [-0.15, -0.1) is 12.4 Å². The van der Waals surface area contributed by atoms with Crippen LogP contribution in [0.1, 0.15) is 36.8 Å². The van der Waals surface area contributed by atoms with Gasteiger partial charge in [0.05, 0.1) is 0 Å². The Morgan fingerprint density at radius 2 is 2.05 bits per heavy atom. The number of anilines is 1. The van der Waals surface area contributed by atoms with E-state index in [0.717, 1.165) is 29.8 Å². The zero-order valence-corrected chi connectivity index (χ0v) is 12.5. The Morgan fingerprint density at radius 3 is 2.63 bits per heavy atom. The lowest BCUT2D eigenvalue weighted by Gasteiger charge is -2.13. The molecule has 19 heavy (non-hydrogen) atoms. The number of hydrogen-bond donors (Lipinski definition) is 2. The first-order valence-electron chi connectivity index (χ1n) is 6.76. The van der Waals surface area contributed by atoms with Crippen LogP contribution in [0.3, 0.4) is 0 Å². The van der Waals surface area contributed by atoms with Gasteiger partial charge < -0.3 is 10.6 Å². The van der Waals surface area contributed by atoms with Crippen LogP contribution < -0.4 is 10.6 Å². The maximum absolute atomic E-state index is 11.9. The Labute approximate surface area is 121 Å². The predicted molar refractivity (Wildman–Crippen MR) is 82.1 cm³/mol. The summed E-state index contributed by atoms with van der Waals surface area (Å²) in [5.74, 6) is 0.126. The van der Waals surface area contributed by atoms with Gasteiger partial charge in [0.15, 0.2) is 0 Å². The highest BCUT2D eigenvalue weighted by Crippen LogP contribution is 2.20. The number of benzene rings is 1. The first kappa shape index (κ1) is 16.0. The fourth-order valence-corrected chi connectivity index (χ4v) is 2.52. The molecule has 1 unspecified atom stereocenters. The van der Waals surface area contributed by atoms with E-state index in [1.54, 1.807) is 0 Å². The molecule has 4 heteroatoms. The van der Waals surface area contributed by atoms with E-state index in [4.69, 9.17) is 0 Å². The van der Waals surface area contributed by atoms with Gasteiger partial charge in [0.25, 0.3) is 0 Å². The third kappa shape index (κ3) is 4.51.